The summed E-state index contributed by atoms with van der Waals surface area (Å²) in [6.45, 7) is 4.13. The van der Waals surface area contributed by atoms with E-state index in [9.17, 15) is 4.79 Å². The number of hydrogen-bond acceptors (Lipinski definition) is 5. The van der Waals surface area contributed by atoms with Gasteiger partial charge in [0.25, 0.3) is 0 Å². The van der Waals surface area contributed by atoms with Crippen molar-refractivity contribution in [2.24, 2.45) is 11.5 Å². The summed E-state index contributed by atoms with van der Waals surface area (Å²) in [5.74, 6) is 0.0724. The molecule has 0 radical (unpaired) electrons. The van der Waals surface area contributed by atoms with Crippen molar-refractivity contribution >= 4 is 17.2 Å². The number of nitrogens with zero attached hydrogens (tertiary/aromatic N) is 2. The summed E-state index contributed by atoms with van der Waals surface area (Å²) in [6, 6.07) is 10.2. The standard InChI is InChI=1S/C21H30N4OS/c1-16-24-19(15-27-16)21(17-7-3-2-4-8-17)10-13-25(14-11-21)20(26)18(23)9-5-6-12-22/h2-4,7-8,15,18H,5-6,9-14,22-23H2,1H3/t18-/m0/s1. The zero-order valence-electron chi connectivity index (χ0n) is 16.1. The first-order valence-corrected chi connectivity index (χ1v) is 10.7. The molecule has 2 heterocycles. The van der Waals surface area contributed by atoms with Gasteiger partial charge < -0.3 is 16.4 Å². The number of hydrogen-bond donors (Lipinski definition) is 2. The van der Waals surface area contributed by atoms with Gasteiger partial charge in [0, 0.05) is 23.9 Å². The first-order chi connectivity index (χ1) is 13.1. The number of nitrogens with two attached hydrogens (primary N) is 2. The molecule has 1 atom stereocenters. The third-order valence-electron chi connectivity index (χ3n) is 5.65. The average Bonchev–Trinajstić information content (AvgIpc) is 3.15. The Bertz CT molecular complexity index is 738. The second-order valence-corrected chi connectivity index (χ2v) is 8.48. The van der Waals surface area contributed by atoms with Crippen LogP contribution in [-0.2, 0) is 10.2 Å². The highest BCUT2D eigenvalue weighted by molar-refractivity contribution is 7.09. The Labute approximate surface area is 165 Å². The van der Waals surface area contributed by atoms with Crippen LogP contribution < -0.4 is 11.5 Å². The molecular weight excluding hydrogens is 356 g/mol. The average molecular weight is 387 g/mol. The maximum Gasteiger partial charge on any atom is 0.239 e. The minimum absolute atomic E-state index is 0.0724. The van der Waals surface area contributed by atoms with Crippen molar-refractivity contribution in [2.45, 2.75) is 50.5 Å². The van der Waals surface area contributed by atoms with Crippen molar-refractivity contribution in [3.05, 3.63) is 52.0 Å². The lowest BCUT2D eigenvalue weighted by molar-refractivity contribution is -0.134. The van der Waals surface area contributed by atoms with E-state index < -0.39 is 6.04 Å². The number of benzene rings is 1. The molecule has 1 aliphatic rings. The van der Waals surface area contributed by atoms with E-state index in [1.165, 1.54) is 5.56 Å². The minimum atomic E-state index is -0.415. The molecular formula is C21H30N4OS. The number of likely N-dealkylation sites (tertiary alicyclic amines) is 1. The second-order valence-electron chi connectivity index (χ2n) is 7.42. The van der Waals surface area contributed by atoms with Gasteiger partial charge in [-0.25, -0.2) is 4.98 Å². The van der Waals surface area contributed by atoms with Crippen LogP contribution in [0.2, 0.25) is 0 Å². The number of thiazole rings is 1. The summed E-state index contributed by atoms with van der Waals surface area (Å²) in [5.41, 5.74) is 14.0. The Kier molecular flexibility index (Phi) is 6.63. The number of unbranched alkanes of at least 4 members (excludes halogenated alkanes) is 1. The molecule has 0 unspecified atom stereocenters. The lowest BCUT2D eigenvalue weighted by Gasteiger charge is -2.42. The van der Waals surface area contributed by atoms with Crippen LogP contribution in [0.15, 0.2) is 35.7 Å². The summed E-state index contributed by atoms with van der Waals surface area (Å²) >= 11 is 1.69. The predicted octanol–water partition coefficient (Wildman–Crippen LogP) is 2.82. The predicted molar refractivity (Wildman–Crippen MR) is 111 cm³/mol. The molecule has 27 heavy (non-hydrogen) atoms. The van der Waals surface area contributed by atoms with E-state index in [1.807, 2.05) is 17.9 Å². The van der Waals surface area contributed by atoms with Crippen LogP contribution in [0.25, 0.3) is 0 Å². The van der Waals surface area contributed by atoms with Gasteiger partial charge in [-0.2, -0.15) is 0 Å². The molecule has 1 aromatic carbocycles. The number of aromatic nitrogens is 1. The molecule has 1 aromatic heterocycles. The number of aryl methyl sites for hydroxylation is 1. The SMILES string of the molecule is Cc1nc(C2(c3ccccc3)CCN(C(=O)[C@@H](N)CCCCN)CC2)cs1. The van der Waals surface area contributed by atoms with E-state index >= 15 is 0 Å². The zero-order chi connectivity index (χ0) is 19.3. The molecule has 5 nitrogen and oxygen atoms in total. The number of piperidine rings is 1. The molecule has 6 heteroatoms. The van der Waals surface area contributed by atoms with Crippen LogP contribution in [-0.4, -0.2) is 41.5 Å². The third-order valence-corrected chi connectivity index (χ3v) is 6.42. The van der Waals surface area contributed by atoms with Crippen molar-refractivity contribution in [1.82, 2.24) is 9.88 Å². The number of amides is 1. The zero-order valence-corrected chi connectivity index (χ0v) is 16.9. The molecule has 1 amide bonds. The van der Waals surface area contributed by atoms with E-state index in [0.717, 1.165) is 49.5 Å². The Morgan fingerprint density at radius 3 is 2.56 bits per heavy atom. The van der Waals surface area contributed by atoms with Crippen LogP contribution in [0.3, 0.4) is 0 Å². The van der Waals surface area contributed by atoms with Gasteiger partial charge in [-0.3, -0.25) is 4.79 Å². The van der Waals surface area contributed by atoms with Crippen molar-refractivity contribution in [3.63, 3.8) is 0 Å². The van der Waals surface area contributed by atoms with Crippen LogP contribution in [0, 0.1) is 6.92 Å². The van der Waals surface area contributed by atoms with Crippen LogP contribution >= 0.6 is 11.3 Å². The quantitative estimate of drug-likeness (QED) is 0.717. The van der Waals surface area contributed by atoms with Gasteiger partial charge in [-0.05, 0) is 44.7 Å². The van der Waals surface area contributed by atoms with Crippen molar-refractivity contribution in [3.8, 4) is 0 Å². The number of carbonyl (C=O) groups excluding carboxylic acids is 1. The highest BCUT2D eigenvalue weighted by atomic mass is 32.1. The van der Waals surface area contributed by atoms with Gasteiger partial charge in [-0.1, -0.05) is 36.8 Å². The fourth-order valence-electron chi connectivity index (χ4n) is 4.01. The molecule has 0 spiro atoms. The van der Waals surface area contributed by atoms with Crippen LogP contribution in [0.5, 0.6) is 0 Å². The Hall–Kier alpha value is -1.76. The van der Waals surface area contributed by atoms with Crippen molar-refractivity contribution in [2.75, 3.05) is 19.6 Å². The molecule has 3 rings (SSSR count). The van der Waals surface area contributed by atoms with Crippen LogP contribution in [0.1, 0.15) is 48.4 Å². The summed E-state index contributed by atoms with van der Waals surface area (Å²) < 4.78 is 0. The molecule has 1 fully saturated rings. The van der Waals surface area contributed by atoms with E-state index in [-0.39, 0.29) is 11.3 Å². The van der Waals surface area contributed by atoms with Gasteiger partial charge in [0.15, 0.2) is 0 Å². The molecule has 1 saturated heterocycles. The van der Waals surface area contributed by atoms with E-state index in [1.54, 1.807) is 11.3 Å². The van der Waals surface area contributed by atoms with Crippen molar-refractivity contribution in [1.29, 1.82) is 0 Å². The van der Waals surface area contributed by atoms with Gasteiger partial charge in [0.05, 0.1) is 16.7 Å². The Morgan fingerprint density at radius 2 is 1.96 bits per heavy atom. The fourth-order valence-corrected chi connectivity index (χ4v) is 4.72. The van der Waals surface area contributed by atoms with Gasteiger partial charge in [-0.15, -0.1) is 11.3 Å². The summed E-state index contributed by atoms with van der Waals surface area (Å²) in [6.07, 6.45) is 4.29. The largest absolute Gasteiger partial charge is 0.341 e. The lowest BCUT2D eigenvalue weighted by Crippen LogP contribution is -2.50. The van der Waals surface area contributed by atoms with Gasteiger partial charge >= 0.3 is 0 Å². The van der Waals surface area contributed by atoms with Gasteiger partial charge in [0.1, 0.15) is 0 Å². The maximum absolute atomic E-state index is 12.7. The minimum Gasteiger partial charge on any atom is -0.341 e. The highest BCUT2D eigenvalue weighted by Gasteiger charge is 2.41. The first kappa shape index (κ1) is 20.0. The molecule has 2 aromatic rings. The first-order valence-electron chi connectivity index (χ1n) is 9.79. The van der Waals surface area contributed by atoms with Crippen LogP contribution in [0.4, 0.5) is 0 Å². The molecule has 4 N–H and O–H groups in total. The summed E-state index contributed by atoms with van der Waals surface area (Å²) in [4.78, 5) is 19.5. The second kappa shape index (κ2) is 8.95. The monoisotopic (exact) mass is 386 g/mol. The molecule has 146 valence electrons. The topological polar surface area (TPSA) is 85.2 Å². The maximum atomic E-state index is 12.7. The Morgan fingerprint density at radius 1 is 1.26 bits per heavy atom. The third kappa shape index (κ3) is 4.39. The van der Waals surface area contributed by atoms with E-state index in [4.69, 9.17) is 16.5 Å². The summed E-state index contributed by atoms with van der Waals surface area (Å²) in [5, 5.41) is 3.26. The highest BCUT2D eigenvalue weighted by Crippen LogP contribution is 2.42. The molecule has 1 aliphatic heterocycles. The molecule has 0 saturated carbocycles. The fraction of sp³-hybridized carbons (Fsp3) is 0.524. The summed E-state index contributed by atoms with van der Waals surface area (Å²) in [7, 11) is 0. The smallest absolute Gasteiger partial charge is 0.239 e. The van der Waals surface area contributed by atoms with E-state index in [2.05, 4.69) is 29.6 Å². The Balaban J connectivity index is 1.74. The van der Waals surface area contributed by atoms with Gasteiger partial charge in [0.2, 0.25) is 5.91 Å². The molecule has 0 aliphatic carbocycles. The number of rotatable bonds is 7. The number of carbonyl (C=O) groups is 1. The van der Waals surface area contributed by atoms with Crippen molar-refractivity contribution < 1.29 is 4.79 Å². The molecule has 0 bridgehead atoms. The van der Waals surface area contributed by atoms with E-state index in [0.29, 0.717) is 13.0 Å². The lowest BCUT2D eigenvalue weighted by atomic mass is 9.70. The normalized spacial score (nSPS) is 17.7.